The highest BCUT2D eigenvalue weighted by atomic mass is 16.1. The Kier molecular flexibility index (Phi) is 4.34. The first-order valence-corrected chi connectivity index (χ1v) is 6.41. The summed E-state index contributed by atoms with van der Waals surface area (Å²) in [6.07, 6.45) is 5.58. The predicted molar refractivity (Wildman–Crippen MR) is 69.0 cm³/mol. The van der Waals surface area contributed by atoms with Gasteiger partial charge in [-0.2, -0.15) is 0 Å². The van der Waals surface area contributed by atoms with Crippen LogP contribution in [0, 0.1) is 0 Å². The zero-order valence-electron chi connectivity index (χ0n) is 10.2. The number of hydrogen-bond donors (Lipinski definition) is 1. The van der Waals surface area contributed by atoms with Crippen molar-refractivity contribution in [1.29, 1.82) is 0 Å². The molecule has 1 unspecified atom stereocenters. The molecule has 0 bridgehead atoms. The molecule has 1 saturated heterocycles. The molecular weight excluding hydrogens is 214 g/mol. The lowest BCUT2D eigenvalue weighted by Crippen LogP contribution is -2.45. The van der Waals surface area contributed by atoms with Crippen molar-refractivity contribution < 1.29 is 0 Å². The molecule has 1 aliphatic rings. The molecule has 94 valence electrons. The van der Waals surface area contributed by atoms with Crippen LogP contribution in [-0.4, -0.2) is 35.1 Å². The standard InChI is InChI=1S/C13H21N3O/c14-11-12-5-1-3-7-15(12)9-10-16-8-4-2-6-13(16)17/h2,4,6,8,12H,1,3,5,7,9-11,14H2. The molecular formula is C13H21N3O. The molecule has 0 radical (unpaired) electrons. The van der Waals surface area contributed by atoms with Gasteiger partial charge in [-0.1, -0.05) is 12.5 Å². The Hall–Kier alpha value is -1.13. The minimum atomic E-state index is 0.0776. The summed E-state index contributed by atoms with van der Waals surface area (Å²) in [4.78, 5) is 14.0. The molecule has 17 heavy (non-hydrogen) atoms. The van der Waals surface area contributed by atoms with Crippen molar-refractivity contribution in [3.63, 3.8) is 0 Å². The van der Waals surface area contributed by atoms with Gasteiger partial charge in [0.25, 0.3) is 5.56 Å². The van der Waals surface area contributed by atoms with Gasteiger partial charge in [-0.15, -0.1) is 0 Å². The van der Waals surface area contributed by atoms with E-state index in [1.165, 1.54) is 19.3 Å². The molecule has 2 heterocycles. The average molecular weight is 235 g/mol. The molecule has 4 heteroatoms. The second kappa shape index (κ2) is 5.98. The minimum absolute atomic E-state index is 0.0776. The fourth-order valence-electron chi connectivity index (χ4n) is 2.50. The summed E-state index contributed by atoms with van der Waals surface area (Å²) in [5, 5.41) is 0. The fraction of sp³-hybridized carbons (Fsp3) is 0.615. The van der Waals surface area contributed by atoms with Crippen LogP contribution in [0.5, 0.6) is 0 Å². The number of pyridine rings is 1. The normalized spacial score (nSPS) is 21.6. The lowest BCUT2D eigenvalue weighted by atomic mass is 10.0. The van der Waals surface area contributed by atoms with E-state index in [1.54, 1.807) is 16.7 Å². The molecule has 1 aromatic rings. The molecule has 0 aromatic carbocycles. The average Bonchev–Trinajstić information content (AvgIpc) is 2.38. The van der Waals surface area contributed by atoms with Gasteiger partial charge in [0, 0.05) is 37.9 Å². The van der Waals surface area contributed by atoms with Crippen molar-refractivity contribution in [3.05, 3.63) is 34.7 Å². The largest absolute Gasteiger partial charge is 0.329 e. The fourth-order valence-corrected chi connectivity index (χ4v) is 2.50. The van der Waals surface area contributed by atoms with Crippen LogP contribution in [-0.2, 0) is 6.54 Å². The van der Waals surface area contributed by atoms with Gasteiger partial charge in [0.1, 0.15) is 0 Å². The van der Waals surface area contributed by atoms with Crippen molar-refractivity contribution in [1.82, 2.24) is 9.47 Å². The molecule has 0 saturated carbocycles. The smallest absolute Gasteiger partial charge is 0.250 e. The summed E-state index contributed by atoms with van der Waals surface area (Å²) in [6, 6.07) is 5.79. The van der Waals surface area contributed by atoms with E-state index in [4.69, 9.17) is 5.73 Å². The van der Waals surface area contributed by atoms with Gasteiger partial charge in [-0.05, 0) is 25.5 Å². The van der Waals surface area contributed by atoms with Crippen LogP contribution in [0.15, 0.2) is 29.2 Å². The van der Waals surface area contributed by atoms with Crippen molar-refractivity contribution in [2.75, 3.05) is 19.6 Å². The van der Waals surface area contributed by atoms with Crippen molar-refractivity contribution in [2.45, 2.75) is 31.8 Å². The number of rotatable bonds is 4. The molecule has 2 rings (SSSR count). The summed E-state index contributed by atoms with van der Waals surface area (Å²) in [7, 11) is 0. The molecule has 2 N–H and O–H groups in total. The zero-order chi connectivity index (χ0) is 12.1. The third-order valence-corrected chi connectivity index (χ3v) is 3.55. The Morgan fingerprint density at radius 1 is 1.29 bits per heavy atom. The van der Waals surface area contributed by atoms with E-state index in [0.29, 0.717) is 6.04 Å². The maximum absolute atomic E-state index is 11.6. The highest BCUT2D eigenvalue weighted by molar-refractivity contribution is 4.93. The van der Waals surface area contributed by atoms with Crippen LogP contribution < -0.4 is 11.3 Å². The first kappa shape index (κ1) is 12.3. The number of nitrogens with zero attached hydrogens (tertiary/aromatic N) is 2. The van der Waals surface area contributed by atoms with Gasteiger partial charge < -0.3 is 10.3 Å². The van der Waals surface area contributed by atoms with Crippen molar-refractivity contribution >= 4 is 0 Å². The third-order valence-electron chi connectivity index (χ3n) is 3.55. The maximum Gasteiger partial charge on any atom is 0.250 e. The maximum atomic E-state index is 11.6. The second-order valence-electron chi connectivity index (χ2n) is 4.65. The van der Waals surface area contributed by atoms with E-state index < -0.39 is 0 Å². The Labute approximate surface area is 102 Å². The Bertz CT molecular complexity index is 402. The summed E-state index contributed by atoms with van der Waals surface area (Å²) < 4.78 is 1.77. The van der Waals surface area contributed by atoms with Crippen molar-refractivity contribution in [3.8, 4) is 0 Å². The van der Waals surface area contributed by atoms with E-state index in [2.05, 4.69) is 4.90 Å². The summed E-state index contributed by atoms with van der Waals surface area (Å²) in [5.41, 5.74) is 5.86. The van der Waals surface area contributed by atoms with Gasteiger partial charge in [0.15, 0.2) is 0 Å². The van der Waals surface area contributed by atoms with Crippen LogP contribution >= 0.6 is 0 Å². The van der Waals surface area contributed by atoms with E-state index in [0.717, 1.165) is 26.2 Å². The van der Waals surface area contributed by atoms with Crippen LogP contribution in [0.4, 0.5) is 0 Å². The third kappa shape index (κ3) is 3.17. The summed E-state index contributed by atoms with van der Waals surface area (Å²) >= 11 is 0. The van der Waals surface area contributed by atoms with Gasteiger partial charge in [-0.3, -0.25) is 9.69 Å². The van der Waals surface area contributed by atoms with E-state index in [-0.39, 0.29) is 5.56 Å². The molecule has 1 atom stereocenters. The van der Waals surface area contributed by atoms with E-state index in [1.807, 2.05) is 12.3 Å². The Morgan fingerprint density at radius 3 is 2.94 bits per heavy atom. The molecule has 0 aliphatic carbocycles. The number of hydrogen-bond acceptors (Lipinski definition) is 3. The summed E-state index contributed by atoms with van der Waals surface area (Å²) in [6.45, 7) is 3.52. The van der Waals surface area contributed by atoms with Crippen molar-refractivity contribution in [2.24, 2.45) is 5.73 Å². The lowest BCUT2D eigenvalue weighted by molar-refractivity contribution is 0.147. The predicted octanol–water partition coefficient (Wildman–Crippen LogP) is 0.661. The van der Waals surface area contributed by atoms with Gasteiger partial charge in [-0.25, -0.2) is 0 Å². The molecule has 4 nitrogen and oxygen atoms in total. The SMILES string of the molecule is NCC1CCCCN1CCn1ccccc1=O. The number of aromatic nitrogens is 1. The molecule has 1 aliphatic heterocycles. The zero-order valence-corrected chi connectivity index (χ0v) is 10.2. The highest BCUT2D eigenvalue weighted by Crippen LogP contribution is 2.15. The number of likely N-dealkylation sites (tertiary alicyclic amines) is 1. The first-order valence-electron chi connectivity index (χ1n) is 6.41. The number of nitrogens with two attached hydrogens (primary N) is 1. The molecule has 1 fully saturated rings. The summed E-state index contributed by atoms with van der Waals surface area (Å²) in [5.74, 6) is 0. The molecule has 0 amide bonds. The van der Waals surface area contributed by atoms with Crippen LogP contribution in [0.3, 0.4) is 0 Å². The molecule has 1 aromatic heterocycles. The second-order valence-corrected chi connectivity index (χ2v) is 4.65. The number of piperidine rings is 1. The molecule has 0 spiro atoms. The topological polar surface area (TPSA) is 51.3 Å². The monoisotopic (exact) mass is 235 g/mol. The van der Waals surface area contributed by atoms with Gasteiger partial charge in [0.05, 0.1) is 0 Å². The van der Waals surface area contributed by atoms with E-state index in [9.17, 15) is 4.79 Å². The lowest BCUT2D eigenvalue weighted by Gasteiger charge is -2.35. The quantitative estimate of drug-likeness (QED) is 0.834. The minimum Gasteiger partial charge on any atom is -0.329 e. The van der Waals surface area contributed by atoms with Crippen LogP contribution in [0.1, 0.15) is 19.3 Å². The Balaban J connectivity index is 1.93. The van der Waals surface area contributed by atoms with E-state index >= 15 is 0 Å². The highest BCUT2D eigenvalue weighted by Gasteiger charge is 2.20. The van der Waals surface area contributed by atoms with Gasteiger partial charge in [0.2, 0.25) is 0 Å². The van der Waals surface area contributed by atoms with Gasteiger partial charge >= 0.3 is 0 Å². The Morgan fingerprint density at radius 2 is 2.18 bits per heavy atom. The van der Waals surface area contributed by atoms with Crippen LogP contribution in [0.25, 0.3) is 0 Å². The first-order chi connectivity index (χ1) is 8.31. The van der Waals surface area contributed by atoms with Crippen LogP contribution in [0.2, 0.25) is 0 Å².